The maximum Gasteiger partial charge on any atom is 0.0607 e. The molecule has 0 aromatic carbocycles. The second kappa shape index (κ2) is 9.84. The van der Waals surface area contributed by atoms with Crippen LogP contribution in [0.1, 0.15) is 90.4 Å². The Morgan fingerprint density at radius 1 is 0.762 bits per heavy atom. The van der Waals surface area contributed by atoms with Gasteiger partial charge < -0.3 is 9.84 Å². The summed E-state index contributed by atoms with van der Waals surface area (Å²) in [7, 11) is 0. The summed E-state index contributed by atoms with van der Waals surface area (Å²) in [5, 5.41) is 9.74. The summed E-state index contributed by atoms with van der Waals surface area (Å²) in [4.78, 5) is 0. The van der Waals surface area contributed by atoms with Crippen molar-refractivity contribution in [2.45, 2.75) is 103 Å². The molecule has 1 N–H and O–H groups in total. The molecule has 0 radical (unpaired) electrons. The zero-order valence-electron chi connectivity index (χ0n) is 14.1. The van der Waals surface area contributed by atoms with Gasteiger partial charge in [-0.05, 0) is 37.5 Å². The number of hydrogen-bond acceptors (Lipinski definition) is 2. The molecule has 0 amide bonds. The van der Waals surface area contributed by atoms with Crippen LogP contribution >= 0.6 is 0 Å². The van der Waals surface area contributed by atoms with Crippen molar-refractivity contribution in [3.8, 4) is 0 Å². The molecule has 2 heteroatoms. The van der Waals surface area contributed by atoms with Crippen LogP contribution in [-0.4, -0.2) is 23.9 Å². The Bertz CT molecular complexity index is 264. The summed E-state index contributed by atoms with van der Waals surface area (Å²) in [5.74, 6) is 1.21. The molecule has 4 atom stereocenters. The van der Waals surface area contributed by atoms with Crippen LogP contribution in [0, 0.1) is 11.8 Å². The van der Waals surface area contributed by atoms with Gasteiger partial charge in [-0.1, -0.05) is 64.7 Å². The highest BCUT2D eigenvalue weighted by Crippen LogP contribution is 2.46. The van der Waals surface area contributed by atoms with Gasteiger partial charge in [-0.3, -0.25) is 0 Å². The number of ether oxygens (including phenoxy) is 1. The van der Waals surface area contributed by atoms with Crippen LogP contribution in [0.15, 0.2) is 0 Å². The van der Waals surface area contributed by atoms with E-state index in [1.54, 1.807) is 0 Å². The third-order valence-corrected chi connectivity index (χ3v) is 5.58. The lowest BCUT2D eigenvalue weighted by Crippen LogP contribution is -2.27. The van der Waals surface area contributed by atoms with Gasteiger partial charge in [0, 0.05) is 6.61 Å². The number of aliphatic hydroxyl groups excluding tert-OH is 1. The molecule has 2 nitrogen and oxygen atoms in total. The fourth-order valence-electron chi connectivity index (χ4n) is 4.22. The van der Waals surface area contributed by atoms with E-state index in [4.69, 9.17) is 4.74 Å². The highest BCUT2D eigenvalue weighted by molar-refractivity contribution is 4.96. The third-order valence-electron chi connectivity index (χ3n) is 5.58. The fraction of sp³-hybridized carbons (Fsp3) is 1.00. The SMILES string of the molecule is CCCCCCCCCCCCOC1CC2CC1CC2O. The number of aliphatic hydroxyl groups is 1. The largest absolute Gasteiger partial charge is 0.393 e. The normalized spacial score (nSPS) is 31.1. The molecule has 2 saturated carbocycles. The standard InChI is InChI=1S/C19H36O2/c1-2-3-4-5-6-7-8-9-10-11-12-21-19-15-16-13-17(19)14-18(16)20/h16-20H,2-15H2,1H3. The maximum absolute atomic E-state index is 9.74. The van der Waals surface area contributed by atoms with Crippen LogP contribution in [0.4, 0.5) is 0 Å². The van der Waals surface area contributed by atoms with E-state index in [1.165, 1.54) is 70.6 Å². The van der Waals surface area contributed by atoms with Gasteiger partial charge in [0.2, 0.25) is 0 Å². The molecule has 2 fully saturated rings. The van der Waals surface area contributed by atoms with Crippen molar-refractivity contribution in [3.63, 3.8) is 0 Å². The monoisotopic (exact) mass is 296 g/mol. The molecule has 0 aromatic heterocycles. The Balaban J connectivity index is 1.33. The van der Waals surface area contributed by atoms with Gasteiger partial charge in [-0.25, -0.2) is 0 Å². The quantitative estimate of drug-likeness (QED) is 0.509. The molecule has 21 heavy (non-hydrogen) atoms. The molecule has 0 saturated heterocycles. The van der Waals surface area contributed by atoms with Crippen LogP contribution in [0.5, 0.6) is 0 Å². The average molecular weight is 296 g/mol. The summed E-state index contributed by atoms with van der Waals surface area (Å²) in [6, 6.07) is 0. The van der Waals surface area contributed by atoms with E-state index in [0.29, 0.717) is 17.9 Å². The van der Waals surface area contributed by atoms with Gasteiger partial charge in [0.25, 0.3) is 0 Å². The summed E-state index contributed by atoms with van der Waals surface area (Å²) < 4.78 is 6.05. The van der Waals surface area contributed by atoms with Crippen molar-refractivity contribution in [3.05, 3.63) is 0 Å². The van der Waals surface area contributed by atoms with Gasteiger partial charge in [0.1, 0.15) is 0 Å². The van der Waals surface area contributed by atoms with Crippen LogP contribution < -0.4 is 0 Å². The molecule has 0 aliphatic heterocycles. The van der Waals surface area contributed by atoms with Crippen LogP contribution in [-0.2, 0) is 4.74 Å². The smallest absolute Gasteiger partial charge is 0.0607 e. The second-order valence-corrected chi connectivity index (χ2v) is 7.39. The Morgan fingerprint density at radius 3 is 1.90 bits per heavy atom. The van der Waals surface area contributed by atoms with E-state index >= 15 is 0 Å². The zero-order chi connectivity index (χ0) is 14.9. The van der Waals surface area contributed by atoms with Gasteiger partial charge >= 0.3 is 0 Å². The average Bonchev–Trinajstić information content (AvgIpc) is 3.03. The molecule has 124 valence electrons. The number of unbranched alkanes of at least 4 members (excludes halogenated alkanes) is 9. The number of rotatable bonds is 12. The van der Waals surface area contributed by atoms with E-state index in [9.17, 15) is 5.11 Å². The van der Waals surface area contributed by atoms with Crippen LogP contribution in [0.25, 0.3) is 0 Å². The predicted octanol–water partition coefficient (Wildman–Crippen LogP) is 5.08. The summed E-state index contributed by atoms with van der Waals surface area (Å²) in [6.45, 7) is 3.22. The first-order valence-corrected chi connectivity index (χ1v) is 9.61. The Kier molecular flexibility index (Phi) is 8.10. The lowest BCUT2D eigenvalue weighted by molar-refractivity contribution is -0.0126. The Hall–Kier alpha value is -0.0800. The first-order valence-electron chi connectivity index (χ1n) is 9.61. The molecule has 2 aliphatic carbocycles. The van der Waals surface area contributed by atoms with Crippen LogP contribution in [0.3, 0.4) is 0 Å². The van der Waals surface area contributed by atoms with Crippen molar-refractivity contribution < 1.29 is 9.84 Å². The molecule has 4 unspecified atom stereocenters. The summed E-state index contributed by atoms with van der Waals surface area (Å²) in [6.07, 6.45) is 17.6. The van der Waals surface area contributed by atoms with Crippen molar-refractivity contribution in [1.82, 2.24) is 0 Å². The van der Waals surface area contributed by atoms with Crippen molar-refractivity contribution in [1.29, 1.82) is 0 Å². The van der Waals surface area contributed by atoms with E-state index in [2.05, 4.69) is 6.92 Å². The fourth-order valence-corrected chi connectivity index (χ4v) is 4.22. The second-order valence-electron chi connectivity index (χ2n) is 7.39. The zero-order valence-corrected chi connectivity index (χ0v) is 14.1. The third kappa shape index (κ3) is 5.90. The summed E-state index contributed by atoms with van der Waals surface area (Å²) >= 11 is 0. The number of fused-ring (bicyclic) bond motifs is 2. The van der Waals surface area contributed by atoms with Gasteiger partial charge in [0.05, 0.1) is 12.2 Å². The van der Waals surface area contributed by atoms with Crippen molar-refractivity contribution in [2.75, 3.05) is 6.61 Å². The first-order chi connectivity index (χ1) is 10.3. The van der Waals surface area contributed by atoms with E-state index in [0.717, 1.165) is 19.4 Å². The lowest BCUT2D eigenvalue weighted by atomic mass is 9.95. The highest BCUT2D eigenvalue weighted by Gasteiger charge is 2.45. The van der Waals surface area contributed by atoms with Crippen LogP contribution in [0.2, 0.25) is 0 Å². The minimum absolute atomic E-state index is 0.0211. The van der Waals surface area contributed by atoms with E-state index in [1.807, 2.05) is 0 Å². The lowest BCUT2D eigenvalue weighted by Gasteiger charge is -2.25. The highest BCUT2D eigenvalue weighted by atomic mass is 16.5. The maximum atomic E-state index is 9.74. The molecule has 0 heterocycles. The molecule has 0 aromatic rings. The Morgan fingerprint density at radius 2 is 1.38 bits per heavy atom. The topological polar surface area (TPSA) is 29.5 Å². The minimum atomic E-state index is -0.0211. The van der Waals surface area contributed by atoms with Gasteiger partial charge in [-0.15, -0.1) is 0 Å². The van der Waals surface area contributed by atoms with E-state index in [-0.39, 0.29) is 6.10 Å². The van der Waals surface area contributed by atoms with Gasteiger partial charge in [-0.2, -0.15) is 0 Å². The predicted molar refractivity (Wildman–Crippen MR) is 88.4 cm³/mol. The molecule has 2 bridgehead atoms. The molecular formula is C19H36O2. The van der Waals surface area contributed by atoms with Crippen molar-refractivity contribution in [2.24, 2.45) is 11.8 Å². The molecule has 2 rings (SSSR count). The first kappa shape index (κ1) is 17.3. The number of hydrogen-bond donors (Lipinski definition) is 1. The summed E-state index contributed by atoms with van der Waals surface area (Å²) in [5.41, 5.74) is 0. The van der Waals surface area contributed by atoms with Crippen molar-refractivity contribution >= 4 is 0 Å². The van der Waals surface area contributed by atoms with E-state index < -0.39 is 0 Å². The molecule has 0 spiro atoms. The molecular weight excluding hydrogens is 260 g/mol. The Labute approximate surface area is 131 Å². The minimum Gasteiger partial charge on any atom is -0.393 e. The molecule has 2 aliphatic rings. The van der Waals surface area contributed by atoms with Gasteiger partial charge in [0.15, 0.2) is 0 Å².